The van der Waals surface area contributed by atoms with E-state index in [1.165, 1.54) is 0 Å². The second-order valence-corrected chi connectivity index (χ2v) is 4.53. The smallest absolute Gasteiger partial charge is 0.129 e. The maximum absolute atomic E-state index is 9.93. The molecule has 0 radical (unpaired) electrons. The Balaban J connectivity index is 1.82. The Morgan fingerprint density at radius 2 is 2.44 bits per heavy atom. The van der Waals surface area contributed by atoms with Gasteiger partial charge in [-0.05, 0) is 37.3 Å². The lowest BCUT2D eigenvalue weighted by atomic mass is 10.0. The van der Waals surface area contributed by atoms with Crippen LogP contribution in [0.3, 0.4) is 0 Å². The quantitative estimate of drug-likeness (QED) is 0.825. The molecule has 1 fully saturated rings. The third-order valence-corrected chi connectivity index (χ3v) is 3.14. The fourth-order valence-corrected chi connectivity index (χ4v) is 2.08. The highest BCUT2D eigenvalue weighted by Gasteiger charge is 2.17. The number of aromatic nitrogens is 1. The molecular weight excluding hydrogens is 226 g/mol. The Morgan fingerprint density at radius 1 is 1.56 bits per heavy atom. The van der Waals surface area contributed by atoms with E-state index in [2.05, 4.69) is 4.98 Å². The molecule has 2 rings (SSSR count). The minimum Gasteiger partial charge on any atom is -0.388 e. The van der Waals surface area contributed by atoms with Gasteiger partial charge in [0.2, 0.25) is 0 Å². The van der Waals surface area contributed by atoms with Gasteiger partial charge in [-0.2, -0.15) is 0 Å². The van der Waals surface area contributed by atoms with Crippen molar-refractivity contribution in [1.82, 2.24) is 4.98 Å². The fraction of sp³-hybridized carbons (Fsp3) is 0.583. The highest BCUT2D eigenvalue weighted by atomic mass is 35.5. The van der Waals surface area contributed by atoms with Crippen molar-refractivity contribution in [3.63, 3.8) is 0 Å². The molecule has 2 atom stereocenters. The van der Waals surface area contributed by atoms with Gasteiger partial charge in [0, 0.05) is 12.8 Å². The normalized spacial score (nSPS) is 22.2. The van der Waals surface area contributed by atoms with E-state index in [0.29, 0.717) is 17.7 Å². The molecule has 0 bridgehead atoms. The van der Waals surface area contributed by atoms with Crippen molar-refractivity contribution in [2.75, 3.05) is 6.61 Å². The van der Waals surface area contributed by atoms with E-state index in [1.54, 1.807) is 12.3 Å². The average Bonchev–Trinajstić information content (AvgIpc) is 2.80. The van der Waals surface area contributed by atoms with Crippen LogP contribution in [0.25, 0.3) is 0 Å². The van der Waals surface area contributed by atoms with Crippen molar-refractivity contribution >= 4 is 11.6 Å². The van der Waals surface area contributed by atoms with Crippen molar-refractivity contribution in [2.24, 2.45) is 0 Å². The van der Waals surface area contributed by atoms with Gasteiger partial charge in [0.15, 0.2) is 0 Å². The maximum atomic E-state index is 9.93. The molecule has 2 heterocycles. The molecule has 1 aromatic heterocycles. The van der Waals surface area contributed by atoms with E-state index in [4.69, 9.17) is 16.3 Å². The summed E-state index contributed by atoms with van der Waals surface area (Å²) in [6.45, 7) is 0.864. The van der Waals surface area contributed by atoms with E-state index >= 15 is 0 Å². The Labute approximate surface area is 100 Å². The van der Waals surface area contributed by atoms with Gasteiger partial charge in [0.05, 0.1) is 12.2 Å². The Bertz CT molecular complexity index is 322. The van der Waals surface area contributed by atoms with Crippen molar-refractivity contribution < 1.29 is 9.84 Å². The van der Waals surface area contributed by atoms with E-state index in [-0.39, 0.29) is 0 Å². The number of halogens is 1. The SMILES string of the molecule is OC(CCC1CCCO1)c1ccc(Cl)nc1. The average molecular weight is 242 g/mol. The predicted molar refractivity (Wildman–Crippen MR) is 62.4 cm³/mol. The summed E-state index contributed by atoms with van der Waals surface area (Å²) >= 11 is 5.68. The summed E-state index contributed by atoms with van der Waals surface area (Å²) in [5.41, 5.74) is 0.822. The molecule has 16 heavy (non-hydrogen) atoms. The summed E-state index contributed by atoms with van der Waals surface area (Å²) in [7, 11) is 0. The number of aliphatic hydroxyl groups excluding tert-OH is 1. The minimum absolute atomic E-state index is 0.329. The van der Waals surface area contributed by atoms with E-state index in [9.17, 15) is 5.11 Å². The van der Waals surface area contributed by atoms with E-state index < -0.39 is 6.10 Å². The Kier molecular flexibility index (Phi) is 4.16. The Hall–Kier alpha value is -0.640. The summed E-state index contributed by atoms with van der Waals surface area (Å²) in [5, 5.41) is 10.4. The van der Waals surface area contributed by atoms with Crippen LogP contribution in [0.5, 0.6) is 0 Å². The topological polar surface area (TPSA) is 42.4 Å². The van der Waals surface area contributed by atoms with Crippen LogP contribution >= 0.6 is 11.6 Å². The minimum atomic E-state index is -0.464. The highest BCUT2D eigenvalue weighted by Crippen LogP contribution is 2.23. The largest absolute Gasteiger partial charge is 0.388 e. The summed E-state index contributed by atoms with van der Waals surface area (Å²) in [5.74, 6) is 0. The van der Waals surface area contributed by atoms with Crippen molar-refractivity contribution in [1.29, 1.82) is 0 Å². The van der Waals surface area contributed by atoms with Crippen LogP contribution in [0.1, 0.15) is 37.4 Å². The Morgan fingerprint density at radius 3 is 3.06 bits per heavy atom. The summed E-state index contributed by atoms with van der Waals surface area (Å²) in [6, 6.07) is 3.52. The monoisotopic (exact) mass is 241 g/mol. The van der Waals surface area contributed by atoms with Gasteiger partial charge in [-0.3, -0.25) is 0 Å². The number of aliphatic hydroxyl groups is 1. The molecule has 4 heteroatoms. The van der Waals surface area contributed by atoms with Gasteiger partial charge in [0.1, 0.15) is 5.15 Å². The molecule has 0 aromatic carbocycles. The van der Waals surface area contributed by atoms with Gasteiger partial charge >= 0.3 is 0 Å². The highest BCUT2D eigenvalue weighted by molar-refractivity contribution is 6.29. The van der Waals surface area contributed by atoms with Crippen LogP contribution < -0.4 is 0 Å². The molecule has 0 amide bonds. The first-order chi connectivity index (χ1) is 7.75. The zero-order valence-corrected chi connectivity index (χ0v) is 9.86. The third kappa shape index (κ3) is 3.17. The number of rotatable bonds is 4. The predicted octanol–water partition coefficient (Wildman–Crippen LogP) is 2.73. The van der Waals surface area contributed by atoms with Crippen LogP contribution in [-0.2, 0) is 4.74 Å². The number of ether oxygens (including phenoxy) is 1. The zero-order chi connectivity index (χ0) is 11.4. The first kappa shape index (κ1) is 11.8. The molecule has 1 aliphatic heterocycles. The van der Waals surface area contributed by atoms with Gasteiger partial charge in [-0.25, -0.2) is 4.98 Å². The lowest BCUT2D eigenvalue weighted by Gasteiger charge is -2.13. The molecule has 1 aromatic rings. The summed E-state index contributed by atoms with van der Waals surface area (Å²) in [4.78, 5) is 3.95. The molecule has 0 aliphatic carbocycles. The first-order valence-electron chi connectivity index (χ1n) is 5.67. The molecule has 1 saturated heterocycles. The van der Waals surface area contributed by atoms with Crippen molar-refractivity contribution in [3.05, 3.63) is 29.0 Å². The molecule has 0 spiro atoms. The van der Waals surface area contributed by atoms with Crippen LogP contribution in [-0.4, -0.2) is 22.8 Å². The van der Waals surface area contributed by atoms with Gasteiger partial charge in [0.25, 0.3) is 0 Å². The van der Waals surface area contributed by atoms with Gasteiger partial charge in [-0.15, -0.1) is 0 Å². The third-order valence-electron chi connectivity index (χ3n) is 2.92. The summed E-state index contributed by atoms with van der Waals surface area (Å²) in [6.07, 6.45) is 5.37. The maximum Gasteiger partial charge on any atom is 0.129 e. The first-order valence-corrected chi connectivity index (χ1v) is 6.04. The van der Waals surface area contributed by atoms with E-state index in [0.717, 1.165) is 31.4 Å². The molecule has 0 saturated carbocycles. The summed E-state index contributed by atoms with van der Waals surface area (Å²) < 4.78 is 5.51. The van der Waals surface area contributed by atoms with Crippen molar-refractivity contribution in [2.45, 2.75) is 37.9 Å². The van der Waals surface area contributed by atoms with Crippen LogP contribution in [0.2, 0.25) is 5.15 Å². The number of hydrogen-bond acceptors (Lipinski definition) is 3. The molecular formula is C12H16ClNO2. The number of nitrogens with zero attached hydrogens (tertiary/aromatic N) is 1. The molecule has 3 nitrogen and oxygen atoms in total. The molecule has 88 valence electrons. The van der Waals surface area contributed by atoms with Crippen LogP contribution in [0, 0.1) is 0 Å². The number of hydrogen-bond donors (Lipinski definition) is 1. The fourth-order valence-electron chi connectivity index (χ4n) is 1.97. The van der Waals surface area contributed by atoms with Crippen molar-refractivity contribution in [3.8, 4) is 0 Å². The molecule has 1 aliphatic rings. The second kappa shape index (κ2) is 5.62. The van der Waals surface area contributed by atoms with Crippen LogP contribution in [0.4, 0.5) is 0 Å². The zero-order valence-electron chi connectivity index (χ0n) is 9.10. The van der Waals surface area contributed by atoms with E-state index in [1.807, 2.05) is 6.07 Å². The van der Waals surface area contributed by atoms with Crippen LogP contribution in [0.15, 0.2) is 18.3 Å². The van der Waals surface area contributed by atoms with Gasteiger partial charge in [-0.1, -0.05) is 17.7 Å². The standard InChI is InChI=1S/C12H16ClNO2/c13-12-6-3-9(8-14-12)11(15)5-4-10-2-1-7-16-10/h3,6,8,10-11,15H,1-2,4-5,7H2. The lowest BCUT2D eigenvalue weighted by Crippen LogP contribution is -2.08. The lowest BCUT2D eigenvalue weighted by molar-refractivity contribution is 0.0811. The van der Waals surface area contributed by atoms with Gasteiger partial charge < -0.3 is 9.84 Å². The molecule has 1 N–H and O–H groups in total. The number of pyridine rings is 1. The second-order valence-electron chi connectivity index (χ2n) is 4.14. The molecule has 2 unspecified atom stereocenters.